The van der Waals surface area contributed by atoms with Crippen LogP contribution in [-0.2, 0) is 21.2 Å². The Morgan fingerprint density at radius 2 is 2.00 bits per heavy atom. The molecule has 28 heavy (non-hydrogen) atoms. The van der Waals surface area contributed by atoms with E-state index in [-0.39, 0.29) is 12.5 Å². The van der Waals surface area contributed by atoms with Gasteiger partial charge in [-0.1, -0.05) is 42.0 Å². The molecule has 1 aliphatic rings. The number of hydrogen-bond acceptors (Lipinski definition) is 4. The van der Waals surface area contributed by atoms with Crippen molar-refractivity contribution in [2.75, 3.05) is 23.7 Å². The molecular weight excluding hydrogens is 376 g/mol. The molecule has 7 heteroatoms. The second-order valence-electron chi connectivity index (χ2n) is 7.08. The smallest absolute Gasteiger partial charge is 0.261 e. The number of aryl methyl sites for hydroxylation is 2. The van der Waals surface area contributed by atoms with Crippen LogP contribution in [0.5, 0.6) is 5.75 Å². The van der Waals surface area contributed by atoms with E-state index in [0.717, 1.165) is 19.1 Å². The molecule has 0 saturated carbocycles. The van der Waals surface area contributed by atoms with Gasteiger partial charge < -0.3 is 10.1 Å². The Balaban J connectivity index is 1.59. The first-order valence-electron chi connectivity index (χ1n) is 9.41. The highest BCUT2D eigenvalue weighted by Crippen LogP contribution is 2.33. The Hall–Kier alpha value is -2.54. The summed E-state index contributed by atoms with van der Waals surface area (Å²) in [6, 6.07) is 15.2. The van der Waals surface area contributed by atoms with Crippen LogP contribution in [0.3, 0.4) is 0 Å². The van der Waals surface area contributed by atoms with Crippen LogP contribution in [0.4, 0.5) is 5.69 Å². The standard InChI is InChI=1S/C21H26N2O4S/c1-16-7-5-8-17(15-16)9-6-13-22-21(24)20-12-14-23(28(2,25)26)18-10-3-4-11-19(18)27-20/h3-5,7-8,10-11,15,20H,6,9,12-14H2,1-2H3,(H,22,24). The van der Waals surface area contributed by atoms with Crippen LogP contribution in [0.15, 0.2) is 48.5 Å². The zero-order chi connectivity index (χ0) is 20.1. The highest BCUT2D eigenvalue weighted by Gasteiger charge is 2.30. The highest BCUT2D eigenvalue weighted by molar-refractivity contribution is 7.92. The van der Waals surface area contributed by atoms with Gasteiger partial charge in [0.15, 0.2) is 6.10 Å². The van der Waals surface area contributed by atoms with E-state index >= 15 is 0 Å². The van der Waals surface area contributed by atoms with Crippen LogP contribution in [0.1, 0.15) is 24.0 Å². The fourth-order valence-electron chi connectivity index (χ4n) is 3.34. The van der Waals surface area contributed by atoms with Gasteiger partial charge in [-0.2, -0.15) is 0 Å². The molecule has 0 radical (unpaired) electrons. The summed E-state index contributed by atoms with van der Waals surface area (Å²) in [5, 5.41) is 2.92. The predicted molar refractivity (Wildman–Crippen MR) is 110 cm³/mol. The van der Waals surface area contributed by atoms with Crippen molar-refractivity contribution in [3.05, 3.63) is 59.7 Å². The topological polar surface area (TPSA) is 75.7 Å². The van der Waals surface area contributed by atoms with E-state index in [2.05, 4.69) is 30.4 Å². The number of carbonyl (C=O) groups is 1. The molecule has 1 aliphatic heterocycles. The molecule has 1 atom stereocenters. The lowest BCUT2D eigenvalue weighted by Crippen LogP contribution is -2.40. The van der Waals surface area contributed by atoms with Gasteiger partial charge in [-0.05, 0) is 37.5 Å². The molecule has 0 saturated heterocycles. The summed E-state index contributed by atoms with van der Waals surface area (Å²) in [5.74, 6) is 0.194. The summed E-state index contributed by atoms with van der Waals surface area (Å²) in [7, 11) is -3.45. The minimum Gasteiger partial charge on any atom is -0.478 e. The summed E-state index contributed by atoms with van der Waals surface area (Å²) in [5.41, 5.74) is 2.94. The summed E-state index contributed by atoms with van der Waals surface area (Å²) in [6.07, 6.45) is 2.46. The van der Waals surface area contributed by atoms with Gasteiger partial charge in [0.25, 0.3) is 5.91 Å². The van der Waals surface area contributed by atoms with Gasteiger partial charge in [-0.25, -0.2) is 8.42 Å². The second kappa shape index (κ2) is 8.65. The molecule has 0 aliphatic carbocycles. The van der Waals surface area contributed by atoms with Crippen molar-refractivity contribution in [3.63, 3.8) is 0 Å². The number of rotatable bonds is 6. The van der Waals surface area contributed by atoms with Crippen molar-refractivity contribution in [1.29, 1.82) is 0 Å². The molecule has 1 heterocycles. The van der Waals surface area contributed by atoms with E-state index in [1.165, 1.54) is 15.4 Å². The predicted octanol–water partition coefficient (Wildman–Crippen LogP) is 2.66. The molecule has 0 fully saturated rings. The van der Waals surface area contributed by atoms with E-state index in [4.69, 9.17) is 4.74 Å². The Kier molecular flexibility index (Phi) is 6.24. The monoisotopic (exact) mass is 402 g/mol. The maximum Gasteiger partial charge on any atom is 0.261 e. The number of anilines is 1. The van der Waals surface area contributed by atoms with Gasteiger partial charge in [0.1, 0.15) is 5.75 Å². The van der Waals surface area contributed by atoms with Crippen molar-refractivity contribution in [2.24, 2.45) is 0 Å². The average molecular weight is 403 g/mol. The minimum atomic E-state index is -3.45. The van der Waals surface area contributed by atoms with Crippen molar-refractivity contribution in [1.82, 2.24) is 5.32 Å². The third-order valence-electron chi connectivity index (χ3n) is 4.71. The number of nitrogens with one attached hydrogen (secondary N) is 1. The van der Waals surface area contributed by atoms with E-state index < -0.39 is 16.1 Å². The number of sulfonamides is 1. The number of hydrogen-bond donors (Lipinski definition) is 1. The number of carbonyl (C=O) groups excluding carboxylic acids is 1. The molecule has 150 valence electrons. The lowest BCUT2D eigenvalue weighted by atomic mass is 10.1. The van der Waals surface area contributed by atoms with Crippen LogP contribution >= 0.6 is 0 Å². The fourth-order valence-corrected chi connectivity index (χ4v) is 4.29. The summed E-state index contributed by atoms with van der Waals surface area (Å²) in [6.45, 7) is 2.81. The first-order valence-corrected chi connectivity index (χ1v) is 11.3. The Morgan fingerprint density at radius 3 is 2.75 bits per heavy atom. The van der Waals surface area contributed by atoms with Gasteiger partial charge in [-0.15, -0.1) is 0 Å². The number of benzene rings is 2. The largest absolute Gasteiger partial charge is 0.478 e. The molecule has 1 amide bonds. The number of nitrogens with zero attached hydrogens (tertiary/aromatic N) is 1. The zero-order valence-electron chi connectivity index (χ0n) is 16.2. The summed E-state index contributed by atoms with van der Waals surface area (Å²) < 4.78 is 31.4. The van der Waals surface area contributed by atoms with E-state index in [9.17, 15) is 13.2 Å². The van der Waals surface area contributed by atoms with Crippen molar-refractivity contribution in [3.8, 4) is 5.75 Å². The van der Waals surface area contributed by atoms with Gasteiger partial charge in [0.05, 0.1) is 11.9 Å². The number of amides is 1. The molecule has 2 aromatic rings. The van der Waals surface area contributed by atoms with Crippen molar-refractivity contribution in [2.45, 2.75) is 32.3 Å². The molecular formula is C21H26N2O4S. The van der Waals surface area contributed by atoms with Crippen molar-refractivity contribution >= 4 is 21.6 Å². The SMILES string of the molecule is Cc1cccc(CCCNC(=O)C2CCN(S(C)(=O)=O)c3ccccc3O2)c1. The molecule has 6 nitrogen and oxygen atoms in total. The van der Waals surface area contributed by atoms with Gasteiger partial charge in [0.2, 0.25) is 10.0 Å². The van der Waals surface area contributed by atoms with Gasteiger partial charge in [0, 0.05) is 19.5 Å². The molecule has 1 unspecified atom stereocenters. The van der Waals surface area contributed by atoms with E-state index in [1.54, 1.807) is 24.3 Å². The lowest BCUT2D eigenvalue weighted by Gasteiger charge is -2.20. The number of para-hydroxylation sites is 2. The second-order valence-corrected chi connectivity index (χ2v) is 8.99. The zero-order valence-corrected chi connectivity index (χ0v) is 17.0. The lowest BCUT2D eigenvalue weighted by molar-refractivity contribution is -0.128. The van der Waals surface area contributed by atoms with E-state index in [1.807, 2.05) is 6.07 Å². The van der Waals surface area contributed by atoms with Crippen LogP contribution in [-0.4, -0.2) is 39.8 Å². The van der Waals surface area contributed by atoms with Crippen LogP contribution in [0, 0.1) is 6.92 Å². The Labute approximate surface area is 166 Å². The van der Waals surface area contributed by atoms with Crippen LogP contribution < -0.4 is 14.4 Å². The maximum atomic E-state index is 12.6. The van der Waals surface area contributed by atoms with Crippen molar-refractivity contribution < 1.29 is 17.9 Å². The molecule has 2 aromatic carbocycles. The minimum absolute atomic E-state index is 0.206. The molecule has 0 spiro atoms. The third kappa shape index (κ3) is 5.04. The Bertz CT molecular complexity index is 943. The normalized spacial score (nSPS) is 16.6. The molecule has 3 rings (SSSR count). The molecule has 1 N–H and O–H groups in total. The number of ether oxygens (including phenoxy) is 1. The van der Waals surface area contributed by atoms with E-state index in [0.29, 0.717) is 24.4 Å². The average Bonchev–Trinajstić information content (AvgIpc) is 2.85. The van der Waals surface area contributed by atoms with Gasteiger partial charge in [-0.3, -0.25) is 9.10 Å². The van der Waals surface area contributed by atoms with Gasteiger partial charge >= 0.3 is 0 Å². The third-order valence-corrected chi connectivity index (χ3v) is 5.89. The highest BCUT2D eigenvalue weighted by atomic mass is 32.2. The Morgan fingerprint density at radius 1 is 1.21 bits per heavy atom. The van der Waals surface area contributed by atoms with Crippen LogP contribution in [0.2, 0.25) is 0 Å². The fraction of sp³-hybridized carbons (Fsp3) is 0.381. The first-order chi connectivity index (χ1) is 13.3. The first kappa shape index (κ1) is 20.2. The summed E-state index contributed by atoms with van der Waals surface area (Å²) in [4.78, 5) is 12.6. The number of fused-ring (bicyclic) bond motifs is 1. The van der Waals surface area contributed by atoms with Crippen LogP contribution in [0.25, 0.3) is 0 Å². The molecule has 0 aromatic heterocycles. The maximum absolute atomic E-state index is 12.6. The quantitative estimate of drug-likeness (QED) is 0.754. The summed E-state index contributed by atoms with van der Waals surface area (Å²) >= 11 is 0. The molecule has 0 bridgehead atoms.